The monoisotopic (exact) mass is 372 g/mol. The van der Waals surface area contributed by atoms with Gasteiger partial charge in [-0.05, 0) is 50.5 Å². The van der Waals surface area contributed by atoms with Crippen LogP contribution in [0.2, 0.25) is 5.02 Å². The largest absolute Gasteiger partial charge is 0.272 e. The Kier molecular flexibility index (Phi) is 4.58. The first-order valence-corrected chi connectivity index (χ1v) is 7.87. The van der Waals surface area contributed by atoms with E-state index in [2.05, 4.69) is 26.1 Å². The van der Waals surface area contributed by atoms with Crippen LogP contribution >= 0.6 is 27.5 Å². The minimum absolute atomic E-state index is 0.0579. The Bertz CT molecular complexity index is 704. The molecule has 21 heavy (non-hydrogen) atoms. The van der Waals surface area contributed by atoms with Gasteiger partial charge in [-0.1, -0.05) is 11.6 Å². The number of aromatic nitrogens is 4. The number of hydrogen-bond acceptors (Lipinski definition) is 3. The molecule has 1 atom stereocenters. The Balaban J connectivity index is 2.22. The Morgan fingerprint density at radius 3 is 2.24 bits per heavy atom. The van der Waals surface area contributed by atoms with Crippen molar-refractivity contribution in [2.24, 2.45) is 0 Å². The molecule has 0 N–H and O–H groups in total. The molecule has 2 heterocycles. The molecule has 0 aliphatic heterocycles. The van der Waals surface area contributed by atoms with Gasteiger partial charge in [0.2, 0.25) is 5.91 Å². The van der Waals surface area contributed by atoms with E-state index in [-0.39, 0.29) is 11.9 Å². The average Bonchev–Trinajstić information content (AvgIpc) is 2.84. The van der Waals surface area contributed by atoms with E-state index >= 15 is 0 Å². The van der Waals surface area contributed by atoms with Crippen molar-refractivity contribution in [2.45, 2.75) is 47.1 Å². The maximum absolute atomic E-state index is 12.4. The predicted octanol–water partition coefficient (Wildman–Crippen LogP) is 4.02. The topological polar surface area (TPSA) is 52.7 Å². The second-order valence-corrected chi connectivity index (χ2v) is 6.44. The second kappa shape index (κ2) is 5.93. The highest BCUT2D eigenvalue weighted by atomic mass is 79.9. The third-order valence-electron chi connectivity index (χ3n) is 3.56. The van der Waals surface area contributed by atoms with Crippen LogP contribution in [0, 0.1) is 27.7 Å². The second-order valence-electron chi connectivity index (χ2n) is 5.27. The normalized spacial score (nSPS) is 12.7. The molecule has 0 spiro atoms. The maximum atomic E-state index is 12.4. The van der Waals surface area contributed by atoms with Crippen LogP contribution < -0.4 is 0 Å². The van der Waals surface area contributed by atoms with Crippen molar-refractivity contribution in [3.05, 3.63) is 32.3 Å². The summed E-state index contributed by atoms with van der Waals surface area (Å²) in [7, 11) is 0. The first-order chi connectivity index (χ1) is 9.73. The van der Waals surface area contributed by atoms with Crippen LogP contribution in [0.15, 0.2) is 4.47 Å². The number of aryl methyl sites for hydroxylation is 2. The highest BCUT2D eigenvalue weighted by Crippen LogP contribution is 2.25. The summed E-state index contributed by atoms with van der Waals surface area (Å²) < 4.78 is 4.12. The molecule has 0 bridgehead atoms. The maximum Gasteiger partial charge on any atom is 0.249 e. The zero-order chi connectivity index (χ0) is 15.9. The molecule has 0 saturated carbocycles. The van der Waals surface area contributed by atoms with E-state index in [1.165, 1.54) is 4.68 Å². The fourth-order valence-electron chi connectivity index (χ4n) is 2.36. The SMILES string of the molecule is Cc1nn([C@H](C)CC(=O)n2nc(C)c(Br)c2C)c(C)c1Cl. The van der Waals surface area contributed by atoms with E-state index in [0.717, 1.165) is 27.2 Å². The van der Waals surface area contributed by atoms with Gasteiger partial charge in [-0.2, -0.15) is 10.2 Å². The van der Waals surface area contributed by atoms with Gasteiger partial charge in [0.05, 0.1) is 44.7 Å². The van der Waals surface area contributed by atoms with Gasteiger partial charge in [-0.3, -0.25) is 9.48 Å². The van der Waals surface area contributed by atoms with Gasteiger partial charge in [0.15, 0.2) is 0 Å². The zero-order valence-corrected chi connectivity index (χ0v) is 15.1. The Labute approximate surface area is 137 Å². The Morgan fingerprint density at radius 1 is 1.19 bits per heavy atom. The molecule has 2 aromatic heterocycles. The summed E-state index contributed by atoms with van der Waals surface area (Å²) in [6.07, 6.45) is 0.312. The molecule has 0 aliphatic rings. The van der Waals surface area contributed by atoms with Gasteiger partial charge < -0.3 is 0 Å². The summed E-state index contributed by atoms with van der Waals surface area (Å²) in [5, 5.41) is 9.32. The lowest BCUT2D eigenvalue weighted by molar-refractivity contribution is 0.0863. The van der Waals surface area contributed by atoms with Gasteiger partial charge in [0, 0.05) is 0 Å². The van der Waals surface area contributed by atoms with Crippen molar-refractivity contribution in [3.8, 4) is 0 Å². The number of halogens is 2. The molecule has 7 heteroatoms. The molecule has 0 fully saturated rings. The predicted molar refractivity (Wildman–Crippen MR) is 86.1 cm³/mol. The number of carbonyl (C=O) groups is 1. The lowest BCUT2D eigenvalue weighted by atomic mass is 10.2. The van der Waals surface area contributed by atoms with Crippen molar-refractivity contribution < 1.29 is 4.79 Å². The summed E-state index contributed by atoms with van der Waals surface area (Å²) >= 11 is 9.59. The molecule has 0 amide bonds. The van der Waals surface area contributed by atoms with Crippen molar-refractivity contribution in [3.63, 3.8) is 0 Å². The van der Waals surface area contributed by atoms with Crippen molar-refractivity contribution >= 4 is 33.4 Å². The van der Waals surface area contributed by atoms with Crippen molar-refractivity contribution in [2.75, 3.05) is 0 Å². The quantitative estimate of drug-likeness (QED) is 0.816. The Morgan fingerprint density at radius 2 is 1.81 bits per heavy atom. The van der Waals surface area contributed by atoms with E-state index in [1.807, 2.05) is 34.6 Å². The molecule has 2 aromatic rings. The van der Waals surface area contributed by atoms with E-state index in [9.17, 15) is 4.79 Å². The summed E-state index contributed by atoms with van der Waals surface area (Å²) in [5.41, 5.74) is 3.28. The molecule has 0 aliphatic carbocycles. The van der Waals surface area contributed by atoms with E-state index in [4.69, 9.17) is 11.6 Å². The smallest absolute Gasteiger partial charge is 0.249 e. The van der Waals surface area contributed by atoms with Crippen LogP contribution in [0.25, 0.3) is 0 Å². The van der Waals surface area contributed by atoms with Crippen LogP contribution in [-0.4, -0.2) is 25.5 Å². The molecule has 0 unspecified atom stereocenters. The van der Waals surface area contributed by atoms with Crippen LogP contribution in [0.3, 0.4) is 0 Å². The highest BCUT2D eigenvalue weighted by molar-refractivity contribution is 9.10. The van der Waals surface area contributed by atoms with E-state index in [0.29, 0.717) is 11.4 Å². The van der Waals surface area contributed by atoms with Crippen LogP contribution in [-0.2, 0) is 0 Å². The zero-order valence-electron chi connectivity index (χ0n) is 12.7. The first-order valence-electron chi connectivity index (χ1n) is 6.70. The van der Waals surface area contributed by atoms with Gasteiger partial charge in [-0.15, -0.1) is 0 Å². The number of rotatable bonds is 3. The minimum Gasteiger partial charge on any atom is -0.272 e. The lowest BCUT2D eigenvalue weighted by Gasteiger charge is -2.14. The molecular formula is C14H18BrClN4O. The van der Waals surface area contributed by atoms with Crippen LogP contribution in [0.1, 0.15) is 47.0 Å². The molecule has 0 saturated heterocycles. The lowest BCUT2D eigenvalue weighted by Crippen LogP contribution is -2.20. The Hall–Kier alpha value is -1.14. The number of nitrogens with zero attached hydrogens (tertiary/aromatic N) is 4. The molecule has 0 radical (unpaired) electrons. The molecule has 114 valence electrons. The van der Waals surface area contributed by atoms with Crippen molar-refractivity contribution in [1.29, 1.82) is 0 Å². The van der Waals surface area contributed by atoms with Gasteiger partial charge in [0.25, 0.3) is 0 Å². The van der Waals surface area contributed by atoms with Gasteiger partial charge in [-0.25, -0.2) is 4.68 Å². The van der Waals surface area contributed by atoms with Crippen LogP contribution in [0.5, 0.6) is 0 Å². The average molecular weight is 374 g/mol. The third-order valence-corrected chi connectivity index (χ3v) is 5.26. The van der Waals surface area contributed by atoms with E-state index in [1.54, 1.807) is 4.68 Å². The summed E-state index contributed by atoms with van der Waals surface area (Å²) in [6.45, 7) is 9.45. The fraction of sp³-hybridized carbons (Fsp3) is 0.500. The number of hydrogen-bond donors (Lipinski definition) is 0. The summed E-state index contributed by atoms with van der Waals surface area (Å²) in [4.78, 5) is 12.4. The molecule has 0 aromatic carbocycles. The third kappa shape index (κ3) is 2.92. The van der Waals surface area contributed by atoms with Crippen LogP contribution in [0.4, 0.5) is 0 Å². The summed E-state index contributed by atoms with van der Waals surface area (Å²) in [6, 6.07) is -0.0774. The molecule has 2 rings (SSSR count). The molecule has 5 nitrogen and oxygen atoms in total. The number of carbonyl (C=O) groups excluding carboxylic acids is 1. The highest BCUT2D eigenvalue weighted by Gasteiger charge is 2.20. The van der Waals surface area contributed by atoms with Crippen molar-refractivity contribution in [1.82, 2.24) is 19.6 Å². The van der Waals surface area contributed by atoms with Gasteiger partial charge >= 0.3 is 0 Å². The first kappa shape index (κ1) is 16.2. The fourth-order valence-corrected chi connectivity index (χ4v) is 2.74. The standard InChI is InChI=1S/C14H18BrClN4O/c1-7(19-11(5)14(16)9(3)18-19)6-12(21)20-10(4)13(15)8(2)17-20/h7H,6H2,1-5H3/t7-/m1/s1. The minimum atomic E-state index is -0.0774. The molecular weight excluding hydrogens is 356 g/mol. The van der Waals surface area contributed by atoms with Gasteiger partial charge in [0.1, 0.15) is 0 Å². The van der Waals surface area contributed by atoms with E-state index < -0.39 is 0 Å². The summed E-state index contributed by atoms with van der Waals surface area (Å²) in [5.74, 6) is -0.0579.